The molecule has 1 aliphatic rings. The second-order valence-corrected chi connectivity index (χ2v) is 11.3. The van der Waals surface area contributed by atoms with Crippen LogP contribution in [0.1, 0.15) is 74.7 Å². The number of aliphatic hydroxyl groups is 1. The lowest BCUT2D eigenvalue weighted by molar-refractivity contribution is -0.251. The summed E-state index contributed by atoms with van der Waals surface area (Å²) in [4.78, 5) is 2.04. The van der Waals surface area contributed by atoms with Crippen molar-refractivity contribution in [1.82, 2.24) is 4.90 Å². The van der Waals surface area contributed by atoms with E-state index >= 15 is 0 Å². The Morgan fingerprint density at radius 3 is 2.42 bits per heavy atom. The first kappa shape index (κ1) is 21.9. The van der Waals surface area contributed by atoms with Crippen LogP contribution in [0.3, 0.4) is 0 Å². The molecule has 0 aromatic rings. The monoisotopic (exact) mass is 360 g/mol. The van der Waals surface area contributed by atoms with Gasteiger partial charge in [-0.05, 0) is 80.6 Å². The Morgan fingerprint density at radius 2 is 1.92 bits per heavy atom. The highest BCUT2D eigenvalue weighted by atomic mass is 32.2. The number of aliphatic hydroxyl groups excluding tert-OH is 1. The van der Waals surface area contributed by atoms with Crippen LogP contribution in [0.2, 0.25) is 0 Å². The fourth-order valence-electron chi connectivity index (χ4n) is 2.96. The van der Waals surface area contributed by atoms with Crippen LogP contribution in [0.4, 0.5) is 0 Å². The normalized spacial score (nSPS) is 25.3. The molecule has 1 fully saturated rings. The van der Waals surface area contributed by atoms with Gasteiger partial charge >= 0.3 is 0 Å². The summed E-state index contributed by atoms with van der Waals surface area (Å²) in [6, 6.07) is 0. The van der Waals surface area contributed by atoms with Gasteiger partial charge in [-0.1, -0.05) is 4.40 Å². The van der Waals surface area contributed by atoms with Crippen molar-refractivity contribution in [2.24, 2.45) is 10.3 Å². The summed E-state index contributed by atoms with van der Waals surface area (Å²) in [5, 5.41) is 10.4. The number of hydrogen-bond acceptors (Lipinski definition) is 5. The fourth-order valence-corrected chi connectivity index (χ4v) is 3.52. The molecule has 5 nitrogen and oxygen atoms in total. The smallest absolute Gasteiger partial charge is 0.217 e. The maximum Gasteiger partial charge on any atom is 0.217 e. The molecule has 2 unspecified atom stereocenters. The molecular formula is C18H36N2O3S. The lowest BCUT2D eigenvalue weighted by atomic mass is 9.93. The van der Waals surface area contributed by atoms with E-state index in [1.807, 2.05) is 46.4 Å². The van der Waals surface area contributed by atoms with E-state index in [0.29, 0.717) is 5.92 Å². The van der Waals surface area contributed by atoms with E-state index in [0.717, 1.165) is 25.8 Å². The van der Waals surface area contributed by atoms with Crippen molar-refractivity contribution in [2.45, 2.75) is 97.0 Å². The van der Waals surface area contributed by atoms with Crippen LogP contribution < -0.4 is 0 Å². The van der Waals surface area contributed by atoms with Gasteiger partial charge in [0.05, 0.1) is 11.8 Å². The van der Waals surface area contributed by atoms with E-state index in [-0.39, 0.29) is 15.9 Å². The molecule has 0 spiro atoms. The molecule has 1 heterocycles. The fraction of sp³-hybridized carbons (Fsp3) is 0.944. The van der Waals surface area contributed by atoms with Crippen LogP contribution in [0.15, 0.2) is 4.40 Å². The van der Waals surface area contributed by atoms with Crippen molar-refractivity contribution in [3.63, 3.8) is 0 Å². The van der Waals surface area contributed by atoms with Crippen molar-refractivity contribution in [2.75, 3.05) is 6.54 Å². The molecule has 3 atom stereocenters. The summed E-state index contributed by atoms with van der Waals surface area (Å²) in [6.07, 6.45) is 3.71. The van der Waals surface area contributed by atoms with Crippen molar-refractivity contribution < 1.29 is 14.4 Å². The predicted octanol–water partition coefficient (Wildman–Crippen LogP) is 3.49. The van der Waals surface area contributed by atoms with Gasteiger partial charge in [-0.2, -0.15) is 0 Å². The molecule has 0 aromatic heterocycles. The van der Waals surface area contributed by atoms with Gasteiger partial charge in [0.1, 0.15) is 16.1 Å². The molecule has 6 heteroatoms. The van der Waals surface area contributed by atoms with Gasteiger partial charge in [-0.15, -0.1) is 0 Å². The third-order valence-electron chi connectivity index (χ3n) is 4.14. The number of hydrogen-bond donors (Lipinski definition) is 1. The van der Waals surface area contributed by atoms with E-state index in [9.17, 15) is 9.66 Å². The average molecular weight is 361 g/mol. The molecule has 0 amide bonds. The minimum atomic E-state index is -1.18. The molecule has 24 heavy (non-hydrogen) atoms. The average Bonchev–Trinajstić information content (AvgIpc) is 2.66. The predicted molar refractivity (Wildman–Crippen MR) is 101 cm³/mol. The van der Waals surface area contributed by atoms with Crippen LogP contribution >= 0.6 is 0 Å². The summed E-state index contributed by atoms with van der Waals surface area (Å²) in [7, 11) is 0. The standard InChI is InChI=1S/C18H36N2O3S/c1-16(2,3)23-15(21)20-13-14(12-18(20,7)8)10-9-11-19-24(22)17(4,5)6/h11,14-15,21H,9-10,12-13H2,1-8H3/b19-11+/t14-,15?,24?/m0/s1. The Morgan fingerprint density at radius 1 is 1.33 bits per heavy atom. The first-order chi connectivity index (χ1) is 10.7. The molecular weight excluding hydrogens is 324 g/mol. The number of nitrogens with zero attached hydrogens (tertiary/aromatic N) is 2. The minimum Gasteiger partial charge on any atom is -0.591 e. The van der Waals surface area contributed by atoms with Gasteiger partial charge in [-0.25, -0.2) is 4.90 Å². The molecule has 0 aromatic carbocycles. The van der Waals surface area contributed by atoms with Crippen LogP contribution in [-0.4, -0.2) is 49.6 Å². The van der Waals surface area contributed by atoms with E-state index in [1.165, 1.54) is 0 Å². The van der Waals surface area contributed by atoms with Crippen LogP contribution in [-0.2, 0) is 16.1 Å². The summed E-state index contributed by atoms with van der Waals surface area (Å²) < 4.78 is 21.5. The molecule has 0 bridgehead atoms. The lowest BCUT2D eigenvalue weighted by Crippen LogP contribution is -2.49. The molecule has 1 aliphatic heterocycles. The molecule has 0 saturated carbocycles. The minimum absolute atomic E-state index is 0.0965. The van der Waals surface area contributed by atoms with Gasteiger partial charge in [0.15, 0.2) is 0 Å². The summed E-state index contributed by atoms with van der Waals surface area (Å²) in [5.74, 6) is 0.479. The lowest BCUT2D eigenvalue weighted by Gasteiger charge is -2.37. The van der Waals surface area contributed by atoms with Crippen LogP contribution in [0, 0.1) is 5.92 Å². The van der Waals surface area contributed by atoms with Crippen molar-refractivity contribution >= 4 is 17.6 Å². The van der Waals surface area contributed by atoms with Gasteiger partial charge in [0.25, 0.3) is 0 Å². The SMILES string of the molecule is CC(C)(C)OC(O)N1C[C@@H](CC/C=N/[S+]([O-])C(C)(C)C)CC1(C)C. The van der Waals surface area contributed by atoms with Crippen LogP contribution in [0.5, 0.6) is 0 Å². The highest BCUT2D eigenvalue weighted by Crippen LogP contribution is 2.36. The van der Waals surface area contributed by atoms with Crippen molar-refractivity contribution in [1.29, 1.82) is 0 Å². The van der Waals surface area contributed by atoms with Crippen molar-refractivity contribution in [3.8, 4) is 0 Å². The highest BCUT2D eigenvalue weighted by Gasteiger charge is 2.42. The Bertz CT molecular complexity index is 427. The Kier molecular flexibility index (Phi) is 7.34. The molecule has 0 radical (unpaired) electrons. The second kappa shape index (κ2) is 8.04. The maximum absolute atomic E-state index is 11.9. The quantitative estimate of drug-likeness (QED) is 0.447. The Labute approximate surface area is 151 Å². The first-order valence-corrected chi connectivity index (χ1v) is 9.90. The highest BCUT2D eigenvalue weighted by molar-refractivity contribution is 7.91. The van der Waals surface area contributed by atoms with E-state index in [2.05, 4.69) is 18.2 Å². The Hall–Kier alpha value is -0.140. The van der Waals surface area contributed by atoms with E-state index in [4.69, 9.17) is 4.74 Å². The number of ether oxygens (including phenoxy) is 1. The first-order valence-electron chi connectivity index (χ1n) is 8.79. The zero-order valence-corrected chi connectivity index (χ0v) is 17.4. The largest absolute Gasteiger partial charge is 0.591 e. The second-order valence-electron chi connectivity index (χ2n) is 9.32. The molecule has 1 rings (SSSR count). The third-order valence-corrected chi connectivity index (χ3v) is 5.53. The summed E-state index contributed by atoms with van der Waals surface area (Å²) in [6.45, 7) is 16.7. The van der Waals surface area contributed by atoms with Gasteiger partial charge < -0.3 is 14.4 Å². The summed E-state index contributed by atoms with van der Waals surface area (Å²) in [5.41, 5.74) is -0.474. The van der Waals surface area contributed by atoms with Gasteiger partial charge in [-0.3, -0.25) is 0 Å². The third kappa shape index (κ3) is 7.00. The number of rotatable bonds is 6. The van der Waals surface area contributed by atoms with Gasteiger partial charge in [0.2, 0.25) is 6.41 Å². The van der Waals surface area contributed by atoms with Gasteiger partial charge in [0, 0.05) is 12.1 Å². The molecule has 1 N–H and O–H groups in total. The topological polar surface area (TPSA) is 68.1 Å². The summed E-state index contributed by atoms with van der Waals surface area (Å²) >= 11 is -1.18. The number of likely N-dealkylation sites (tertiary alicyclic amines) is 1. The van der Waals surface area contributed by atoms with E-state index < -0.39 is 17.8 Å². The molecule has 0 aliphatic carbocycles. The zero-order valence-electron chi connectivity index (χ0n) is 16.6. The van der Waals surface area contributed by atoms with Crippen molar-refractivity contribution in [3.05, 3.63) is 0 Å². The molecule has 1 saturated heterocycles. The van der Waals surface area contributed by atoms with E-state index in [1.54, 1.807) is 6.21 Å². The van der Waals surface area contributed by atoms with Crippen LogP contribution in [0.25, 0.3) is 0 Å². The zero-order chi connectivity index (χ0) is 18.8. The Balaban J connectivity index is 2.52. The maximum atomic E-state index is 11.9. The molecule has 142 valence electrons.